The zero-order chi connectivity index (χ0) is 19.2. The highest BCUT2D eigenvalue weighted by atomic mass is 35.5. The SMILES string of the molecule is Cc1ccc2c(c1)C(=O)CC1(CCN(S(=O)(=O)c3ccc(Cl)cc3)CC1)O2. The van der Waals surface area contributed by atoms with E-state index in [-0.39, 0.29) is 17.1 Å². The number of benzene rings is 2. The summed E-state index contributed by atoms with van der Waals surface area (Å²) in [6, 6.07) is 11.8. The average Bonchev–Trinajstić information content (AvgIpc) is 2.63. The minimum atomic E-state index is -3.58. The molecular formula is C20H20ClNO4S. The zero-order valence-electron chi connectivity index (χ0n) is 14.9. The molecule has 7 heteroatoms. The first-order valence-electron chi connectivity index (χ1n) is 8.88. The number of aryl methyl sites for hydroxylation is 1. The number of nitrogens with zero attached hydrogens (tertiary/aromatic N) is 1. The molecule has 2 aliphatic rings. The molecule has 0 saturated carbocycles. The Bertz CT molecular complexity index is 993. The Labute approximate surface area is 163 Å². The number of hydrogen-bond acceptors (Lipinski definition) is 4. The predicted molar refractivity (Wildman–Crippen MR) is 103 cm³/mol. The van der Waals surface area contributed by atoms with E-state index in [0.717, 1.165) is 5.56 Å². The monoisotopic (exact) mass is 405 g/mol. The summed E-state index contributed by atoms with van der Waals surface area (Å²) < 4.78 is 33.4. The van der Waals surface area contributed by atoms with E-state index in [4.69, 9.17) is 16.3 Å². The van der Waals surface area contributed by atoms with Crippen molar-refractivity contribution in [1.29, 1.82) is 0 Å². The molecule has 1 fully saturated rings. The number of piperidine rings is 1. The van der Waals surface area contributed by atoms with Crippen LogP contribution in [0, 0.1) is 6.92 Å². The van der Waals surface area contributed by atoms with Gasteiger partial charge in [0.15, 0.2) is 5.78 Å². The normalized spacial score (nSPS) is 19.6. The van der Waals surface area contributed by atoms with Gasteiger partial charge in [0.1, 0.15) is 11.4 Å². The molecule has 142 valence electrons. The van der Waals surface area contributed by atoms with Gasteiger partial charge in [0, 0.05) is 31.0 Å². The van der Waals surface area contributed by atoms with Crippen LogP contribution < -0.4 is 4.74 Å². The van der Waals surface area contributed by atoms with Crippen molar-refractivity contribution < 1.29 is 17.9 Å². The standard InChI is InChI=1S/C20H20ClNO4S/c1-14-2-7-19-17(12-14)18(23)13-20(26-19)8-10-22(11-9-20)27(24,25)16-5-3-15(21)4-6-16/h2-7,12H,8-11,13H2,1H3. The van der Waals surface area contributed by atoms with Crippen LogP contribution in [-0.4, -0.2) is 37.2 Å². The first-order chi connectivity index (χ1) is 12.8. The first-order valence-corrected chi connectivity index (χ1v) is 10.7. The molecule has 0 aromatic heterocycles. The Morgan fingerprint density at radius 3 is 2.41 bits per heavy atom. The molecule has 1 saturated heterocycles. The molecule has 1 spiro atoms. The third kappa shape index (κ3) is 3.37. The van der Waals surface area contributed by atoms with Gasteiger partial charge in [0.05, 0.1) is 16.9 Å². The molecular weight excluding hydrogens is 386 g/mol. The van der Waals surface area contributed by atoms with E-state index in [1.54, 1.807) is 12.1 Å². The van der Waals surface area contributed by atoms with E-state index in [9.17, 15) is 13.2 Å². The molecule has 27 heavy (non-hydrogen) atoms. The molecule has 0 atom stereocenters. The van der Waals surface area contributed by atoms with E-state index in [1.807, 2.05) is 25.1 Å². The molecule has 2 heterocycles. The maximum absolute atomic E-state index is 12.8. The van der Waals surface area contributed by atoms with Crippen molar-refractivity contribution in [2.75, 3.05) is 13.1 Å². The van der Waals surface area contributed by atoms with E-state index < -0.39 is 15.6 Å². The minimum absolute atomic E-state index is 0.0639. The summed E-state index contributed by atoms with van der Waals surface area (Å²) >= 11 is 5.85. The summed E-state index contributed by atoms with van der Waals surface area (Å²) in [7, 11) is -3.58. The molecule has 0 radical (unpaired) electrons. The van der Waals surface area contributed by atoms with Crippen molar-refractivity contribution in [3.05, 3.63) is 58.6 Å². The Balaban J connectivity index is 1.53. The average molecular weight is 406 g/mol. The number of ketones is 1. The quantitative estimate of drug-likeness (QED) is 0.761. The molecule has 2 aromatic carbocycles. The zero-order valence-corrected chi connectivity index (χ0v) is 16.5. The van der Waals surface area contributed by atoms with Crippen LogP contribution in [0.4, 0.5) is 0 Å². The lowest BCUT2D eigenvalue weighted by Gasteiger charge is -2.43. The van der Waals surface area contributed by atoms with Crippen molar-refractivity contribution in [1.82, 2.24) is 4.31 Å². The summed E-state index contributed by atoms with van der Waals surface area (Å²) in [4.78, 5) is 12.8. The first kappa shape index (κ1) is 18.5. The number of hydrogen-bond donors (Lipinski definition) is 0. The second-order valence-electron chi connectivity index (χ2n) is 7.24. The minimum Gasteiger partial charge on any atom is -0.486 e. The Kier molecular flexibility index (Phi) is 4.53. The van der Waals surface area contributed by atoms with E-state index >= 15 is 0 Å². The summed E-state index contributed by atoms with van der Waals surface area (Å²) in [6.45, 7) is 2.58. The van der Waals surface area contributed by atoms with Crippen LogP contribution in [0.1, 0.15) is 35.2 Å². The Hall–Kier alpha value is -1.89. The lowest BCUT2D eigenvalue weighted by atomic mass is 9.83. The number of rotatable bonds is 2. The van der Waals surface area contributed by atoms with Gasteiger partial charge >= 0.3 is 0 Å². The van der Waals surface area contributed by atoms with Gasteiger partial charge in [-0.05, 0) is 43.3 Å². The van der Waals surface area contributed by atoms with Crippen LogP contribution in [0.15, 0.2) is 47.4 Å². The van der Waals surface area contributed by atoms with Crippen molar-refractivity contribution >= 4 is 27.4 Å². The van der Waals surface area contributed by atoms with E-state index in [0.29, 0.717) is 42.3 Å². The third-order valence-corrected chi connectivity index (χ3v) is 7.49. The van der Waals surface area contributed by atoms with Gasteiger partial charge < -0.3 is 4.74 Å². The summed E-state index contributed by atoms with van der Waals surface area (Å²) in [5.41, 5.74) is 1.02. The fourth-order valence-electron chi connectivity index (χ4n) is 3.78. The van der Waals surface area contributed by atoms with Crippen LogP contribution in [-0.2, 0) is 10.0 Å². The van der Waals surface area contributed by atoms with Gasteiger partial charge in [0.2, 0.25) is 10.0 Å². The highest BCUT2D eigenvalue weighted by molar-refractivity contribution is 7.89. The van der Waals surface area contributed by atoms with Crippen LogP contribution in [0.25, 0.3) is 0 Å². The van der Waals surface area contributed by atoms with Gasteiger partial charge in [0.25, 0.3) is 0 Å². The smallest absolute Gasteiger partial charge is 0.243 e. The maximum atomic E-state index is 12.8. The number of sulfonamides is 1. The predicted octanol–water partition coefficient (Wildman–Crippen LogP) is 3.84. The van der Waals surface area contributed by atoms with E-state index in [2.05, 4.69) is 0 Å². The summed E-state index contributed by atoms with van der Waals surface area (Å²) in [5, 5.41) is 0.495. The summed E-state index contributed by atoms with van der Waals surface area (Å²) in [5.74, 6) is 0.666. The van der Waals surface area contributed by atoms with Gasteiger partial charge in [-0.15, -0.1) is 0 Å². The number of fused-ring (bicyclic) bond motifs is 1. The molecule has 0 bridgehead atoms. The summed E-state index contributed by atoms with van der Waals surface area (Å²) in [6.07, 6.45) is 1.26. The second-order valence-corrected chi connectivity index (χ2v) is 9.62. The fraction of sp³-hybridized carbons (Fsp3) is 0.350. The van der Waals surface area contributed by atoms with Crippen LogP contribution >= 0.6 is 11.6 Å². The number of halogens is 1. The Morgan fingerprint density at radius 1 is 1.07 bits per heavy atom. The number of Topliss-reactive ketones (excluding diaryl/α,β-unsaturated/α-hetero) is 1. The lowest BCUT2D eigenvalue weighted by molar-refractivity contribution is 0.00589. The molecule has 2 aliphatic heterocycles. The number of ether oxygens (including phenoxy) is 1. The maximum Gasteiger partial charge on any atom is 0.243 e. The molecule has 0 amide bonds. The van der Waals surface area contributed by atoms with E-state index in [1.165, 1.54) is 16.4 Å². The van der Waals surface area contributed by atoms with Gasteiger partial charge in [-0.1, -0.05) is 23.2 Å². The van der Waals surface area contributed by atoms with Crippen molar-refractivity contribution in [2.24, 2.45) is 0 Å². The number of carbonyl (C=O) groups is 1. The molecule has 0 unspecified atom stereocenters. The highest BCUT2D eigenvalue weighted by Crippen LogP contribution is 2.40. The highest BCUT2D eigenvalue weighted by Gasteiger charge is 2.45. The number of carbonyl (C=O) groups excluding carboxylic acids is 1. The largest absolute Gasteiger partial charge is 0.486 e. The molecule has 0 N–H and O–H groups in total. The van der Waals surface area contributed by atoms with Crippen molar-refractivity contribution in [3.63, 3.8) is 0 Å². The fourth-order valence-corrected chi connectivity index (χ4v) is 5.34. The molecule has 4 rings (SSSR count). The second kappa shape index (κ2) is 6.62. The Morgan fingerprint density at radius 2 is 1.74 bits per heavy atom. The molecule has 5 nitrogen and oxygen atoms in total. The van der Waals surface area contributed by atoms with Gasteiger partial charge in [-0.25, -0.2) is 8.42 Å². The topological polar surface area (TPSA) is 63.7 Å². The van der Waals surface area contributed by atoms with Crippen LogP contribution in [0.5, 0.6) is 5.75 Å². The van der Waals surface area contributed by atoms with Gasteiger partial charge in [-0.2, -0.15) is 4.31 Å². The van der Waals surface area contributed by atoms with Crippen molar-refractivity contribution in [3.8, 4) is 5.75 Å². The lowest BCUT2D eigenvalue weighted by Crippen LogP contribution is -2.52. The molecule has 2 aromatic rings. The van der Waals surface area contributed by atoms with Crippen LogP contribution in [0.2, 0.25) is 5.02 Å². The van der Waals surface area contributed by atoms with Crippen molar-refractivity contribution in [2.45, 2.75) is 36.7 Å². The third-order valence-electron chi connectivity index (χ3n) is 5.33. The van der Waals surface area contributed by atoms with Crippen LogP contribution in [0.3, 0.4) is 0 Å². The van der Waals surface area contributed by atoms with Gasteiger partial charge in [-0.3, -0.25) is 4.79 Å². The molecule has 0 aliphatic carbocycles.